The first-order valence-electron chi connectivity index (χ1n) is 7.26. The molecule has 2 aliphatic heterocycles. The summed E-state index contributed by atoms with van der Waals surface area (Å²) in [5.41, 5.74) is 0.836. The number of rotatable bonds is 3. The van der Waals surface area contributed by atoms with Crippen LogP contribution in [0, 0.1) is 0 Å². The summed E-state index contributed by atoms with van der Waals surface area (Å²) in [6.07, 6.45) is -0.466. The molecule has 2 atom stereocenters. The van der Waals surface area contributed by atoms with E-state index in [0.717, 1.165) is 5.56 Å². The maximum atomic E-state index is 13.1. The van der Waals surface area contributed by atoms with Gasteiger partial charge in [-0.2, -0.15) is 0 Å². The highest BCUT2D eigenvalue weighted by Crippen LogP contribution is 2.32. The number of carbonyl (C=O) groups excluding carboxylic acids is 1. The smallest absolute Gasteiger partial charge is 0.262 e. The number of fused-ring (bicyclic) bond motifs is 1. The molecule has 2 aliphatic rings. The Bertz CT molecular complexity index is 580. The van der Waals surface area contributed by atoms with Gasteiger partial charge < -0.3 is 14.8 Å². The Kier molecular flexibility index (Phi) is 3.90. The Morgan fingerprint density at radius 1 is 1.36 bits per heavy atom. The van der Waals surface area contributed by atoms with Crippen LogP contribution in [-0.4, -0.2) is 37.6 Å². The Morgan fingerprint density at radius 3 is 2.77 bits per heavy atom. The van der Waals surface area contributed by atoms with Gasteiger partial charge in [0.1, 0.15) is 13.2 Å². The number of alkyl halides is 2. The van der Waals surface area contributed by atoms with Gasteiger partial charge in [-0.1, -0.05) is 6.07 Å². The van der Waals surface area contributed by atoms with E-state index in [1.807, 2.05) is 6.07 Å². The van der Waals surface area contributed by atoms with Gasteiger partial charge in [0.25, 0.3) is 5.92 Å². The van der Waals surface area contributed by atoms with Crippen molar-refractivity contribution >= 4 is 5.91 Å². The van der Waals surface area contributed by atoms with Crippen LogP contribution in [0.1, 0.15) is 24.9 Å². The van der Waals surface area contributed by atoms with Gasteiger partial charge in [0.05, 0.1) is 18.6 Å². The SMILES string of the molecule is CC(NC(=O)C1CC(F)(F)CN1)c1ccc2c(c1)OCCO2. The van der Waals surface area contributed by atoms with Crippen LogP contribution in [-0.2, 0) is 4.79 Å². The van der Waals surface area contributed by atoms with E-state index in [1.165, 1.54) is 0 Å². The lowest BCUT2D eigenvalue weighted by Gasteiger charge is -2.22. The van der Waals surface area contributed by atoms with E-state index in [9.17, 15) is 13.6 Å². The number of amides is 1. The Morgan fingerprint density at radius 2 is 2.09 bits per heavy atom. The highest BCUT2D eigenvalue weighted by molar-refractivity contribution is 5.82. The zero-order valence-electron chi connectivity index (χ0n) is 12.2. The summed E-state index contributed by atoms with van der Waals surface area (Å²) in [5, 5.41) is 5.30. The fourth-order valence-corrected chi connectivity index (χ4v) is 2.63. The summed E-state index contributed by atoms with van der Waals surface area (Å²) in [5.74, 6) is -1.93. The van der Waals surface area contributed by atoms with Crippen LogP contribution >= 0.6 is 0 Å². The summed E-state index contributed by atoms with van der Waals surface area (Å²) in [6, 6.07) is 4.26. The Labute approximate surface area is 127 Å². The standard InChI is InChI=1S/C15H18F2N2O3/c1-9(19-14(20)11-7-15(16,17)8-18-11)10-2-3-12-13(6-10)22-5-4-21-12/h2-3,6,9,11,18H,4-5,7-8H2,1H3,(H,19,20). The van der Waals surface area contributed by atoms with Crippen molar-refractivity contribution in [2.75, 3.05) is 19.8 Å². The van der Waals surface area contributed by atoms with Crippen LogP contribution in [0.3, 0.4) is 0 Å². The molecule has 1 aromatic rings. The van der Waals surface area contributed by atoms with Gasteiger partial charge in [-0.25, -0.2) is 8.78 Å². The summed E-state index contributed by atoms with van der Waals surface area (Å²) >= 11 is 0. The van der Waals surface area contributed by atoms with Gasteiger partial charge in [-0.15, -0.1) is 0 Å². The number of hydrogen-bond acceptors (Lipinski definition) is 4. The number of hydrogen-bond donors (Lipinski definition) is 2. The third kappa shape index (κ3) is 3.14. The molecular formula is C15H18F2N2O3. The third-order valence-electron chi connectivity index (χ3n) is 3.85. The van der Waals surface area contributed by atoms with Crippen LogP contribution in [0.2, 0.25) is 0 Å². The quantitative estimate of drug-likeness (QED) is 0.891. The van der Waals surface area contributed by atoms with Crippen LogP contribution < -0.4 is 20.1 Å². The maximum Gasteiger partial charge on any atom is 0.262 e. The van der Waals surface area contributed by atoms with Crippen molar-refractivity contribution in [3.8, 4) is 11.5 Å². The fourth-order valence-electron chi connectivity index (χ4n) is 2.63. The Hall–Kier alpha value is -1.89. The maximum absolute atomic E-state index is 13.1. The van der Waals surface area contributed by atoms with Gasteiger partial charge in [0.2, 0.25) is 5.91 Å². The predicted molar refractivity (Wildman–Crippen MR) is 75.3 cm³/mol. The molecule has 5 nitrogen and oxygen atoms in total. The van der Waals surface area contributed by atoms with Gasteiger partial charge >= 0.3 is 0 Å². The van der Waals surface area contributed by atoms with Gasteiger partial charge in [-0.05, 0) is 24.6 Å². The normalized spacial score (nSPS) is 23.9. The highest BCUT2D eigenvalue weighted by Gasteiger charge is 2.42. The van der Waals surface area contributed by atoms with E-state index in [-0.39, 0.29) is 6.04 Å². The minimum Gasteiger partial charge on any atom is -0.486 e. The number of ether oxygens (including phenoxy) is 2. The van der Waals surface area contributed by atoms with Gasteiger partial charge in [-0.3, -0.25) is 10.1 Å². The van der Waals surface area contributed by atoms with Crippen LogP contribution in [0.5, 0.6) is 11.5 Å². The number of nitrogens with one attached hydrogen (secondary N) is 2. The lowest BCUT2D eigenvalue weighted by molar-refractivity contribution is -0.124. The molecule has 1 fully saturated rings. The van der Waals surface area contributed by atoms with Crippen molar-refractivity contribution in [2.24, 2.45) is 0 Å². The molecule has 0 spiro atoms. The molecule has 2 heterocycles. The largest absolute Gasteiger partial charge is 0.486 e. The van der Waals surface area contributed by atoms with Crippen molar-refractivity contribution < 1.29 is 23.0 Å². The molecular weight excluding hydrogens is 294 g/mol. The lowest BCUT2D eigenvalue weighted by atomic mass is 10.1. The van der Waals surface area contributed by atoms with Crippen molar-refractivity contribution in [3.63, 3.8) is 0 Å². The average molecular weight is 312 g/mol. The third-order valence-corrected chi connectivity index (χ3v) is 3.85. The minimum atomic E-state index is -2.82. The first-order valence-corrected chi connectivity index (χ1v) is 7.26. The fraction of sp³-hybridized carbons (Fsp3) is 0.533. The van der Waals surface area contributed by atoms with Crippen molar-refractivity contribution in [1.82, 2.24) is 10.6 Å². The zero-order chi connectivity index (χ0) is 15.7. The molecule has 1 amide bonds. The molecule has 0 aliphatic carbocycles. The molecule has 22 heavy (non-hydrogen) atoms. The zero-order valence-corrected chi connectivity index (χ0v) is 12.2. The summed E-state index contributed by atoms with van der Waals surface area (Å²) < 4.78 is 37.2. The number of benzene rings is 1. The second-order valence-electron chi connectivity index (χ2n) is 5.63. The van der Waals surface area contributed by atoms with Gasteiger partial charge in [0.15, 0.2) is 11.5 Å². The molecule has 1 saturated heterocycles. The molecule has 1 aromatic carbocycles. The molecule has 2 unspecified atom stereocenters. The number of halogens is 2. The monoisotopic (exact) mass is 312 g/mol. The molecule has 0 saturated carbocycles. The molecule has 0 radical (unpaired) electrons. The summed E-state index contributed by atoms with van der Waals surface area (Å²) in [4.78, 5) is 12.0. The number of carbonyl (C=O) groups is 1. The van der Waals surface area contributed by atoms with E-state index in [2.05, 4.69) is 10.6 Å². The second-order valence-corrected chi connectivity index (χ2v) is 5.63. The minimum absolute atomic E-state index is 0.306. The van der Waals surface area contributed by atoms with Crippen molar-refractivity contribution in [1.29, 1.82) is 0 Å². The van der Waals surface area contributed by atoms with Crippen molar-refractivity contribution in [3.05, 3.63) is 23.8 Å². The molecule has 0 aromatic heterocycles. The van der Waals surface area contributed by atoms with Crippen LogP contribution in [0.4, 0.5) is 8.78 Å². The molecule has 120 valence electrons. The Balaban J connectivity index is 1.64. The highest BCUT2D eigenvalue weighted by atomic mass is 19.3. The van der Waals surface area contributed by atoms with E-state index in [0.29, 0.717) is 24.7 Å². The second kappa shape index (κ2) is 5.72. The van der Waals surface area contributed by atoms with Gasteiger partial charge in [0, 0.05) is 6.42 Å². The van der Waals surface area contributed by atoms with E-state index < -0.39 is 30.8 Å². The summed E-state index contributed by atoms with van der Waals surface area (Å²) in [7, 11) is 0. The van der Waals surface area contributed by atoms with E-state index in [1.54, 1.807) is 19.1 Å². The average Bonchev–Trinajstić information content (AvgIpc) is 2.87. The van der Waals surface area contributed by atoms with Crippen molar-refractivity contribution in [2.45, 2.75) is 31.4 Å². The predicted octanol–water partition coefficient (Wildman–Crippen LogP) is 1.63. The van der Waals surface area contributed by atoms with Crippen LogP contribution in [0.25, 0.3) is 0 Å². The molecule has 2 N–H and O–H groups in total. The first kappa shape index (κ1) is 15.0. The first-order chi connectivity index (χ1) is 10.4. The molecule has 3 rings (SSSR count). The lowest BCUT2D eigenvalue weighted by Crippen LogP contribution is -2.41. The molecule has 0 bridgehead atoms. The van der Waals surface area contributed by atoms with E-state index >= 15 is 0 Å². The molecule has 7 heteroatoms. The summed E-state index contributed by atoms with van der Waals surface area (Å²) in [6.45, 7) is 2.35. The van der Waals surface area contributed by atoms with Crippen LogP contribution in [0.15, 0.2) is 18.2 Å². The van der Waals surface area contributed by atoms with E-state index in [4.69, 9.17) is 9.47 Å². The topological polar surface area (TPSA) is 59.6 Å².